The lowest BCUT2D eigenvalue weighted by Gasteiger charge is -2.26. The maximum Gasteiger partial charge on any atom is 0.143 e. The van der Waals surface area contributed by atoms with Gasteiger partial charge in [-0.2, -0.15) is 0 Å². The first-order valence-electron chi connectivity index (χ1n) is 6.71. The molecule has 4 nitrogen and oxygen atoms in total. The Morgan fingerprint density at radius 3 is 2.67 bits per heavy atom. The minimum Gasteiger partial charge on any atom is -0.351 e. The van der Waals surface area contributed by atoms with Gasteiger partial charge in [0, 0.05) is 13.2 Å². The fourth-order valence-corrected chi connectivity index (χ4v) is 2.32. The zero-order chi connectivity index (χ0) is 14.8. The van der Waals surface area contributed by atoms with E-state index in [2.05, 4.69) is 15.0 Å². The molecular weight excluding hydrogens is 267 g/mol. The molecular formula is C16H15FN4. The third-order valence-corrected chi connectivity index (χ3v) is 3.62. The summed E-state index contributed by atoms with van der Waals surface area (Å²) in [6.07, 6.45) is 3.21. The molecule has 1 aromatic carbocycles. The Kier molecular flexibility index (Phi) is 3.48. The molecule has 0 spiro atoms. The van der Waals surface area contributed by atoms with Gasteiger partial charge in [0.05, 0.1) is 22.6 Å². The third-order valence-electron chi connectivity index (χ3n) is 3.62. The van der Waals surface area contributed by atoms with Crippen molar-refractivity contribution in [3.63, 3.8) is 0 Å². The highest BCUT2D eigenvalue weighted by molar-refractivity contribution is 5.89. The Hall–Kier alpha value is -2.56. The van der Waals surface area contributed by atoms with Crippen LogP contribution in [-0.2, 0) is 0 Å². The summed E-state index contributed by atoms with van der Waals surface area (Å²) < 4.78 is 14.2. The van der Waals surface area contributed by atoms with Crippen molar-refractivity contribution in [1.29, 1.82) is 0 Å². The highest BCUT2D eigenvalue weighted by Crippen LogP contribution is 2.29. The van der Waals surface area contributed by atoms with Gasteiger partial charge in [0.25, 0.3) is 0 Å². The van der Waals surface area contributed by atoms with Crippen LogP contribution in [0.4, 0.5) is 10.2 Å². The number of halogens is 1. The third kappa shape index (κ3) is 2.42. The topological polar surface area (TPSA) is 41.9 Å². The second-order valence-corrected chi connectivity index (χ2v) is 4.87. The van der Waals surface area contributed by atoms with Crippen molar-refractivity contribution in [3.8, 4) is 0 Å². The summed E-state index contributed by atoms with van der Waals surface area (Å²) in [5, 5.41) is 0.435. The van der Waals surface area contributed by atoms with Gasteiger partial charge in [-0.15, -0.1) is 0 Å². The molecule has 0 radical (unpaired) electrons. The number of pyridine rings is 1. The molecule has 0 N–H and O–H groups in total. The first kappa shape index (κ1) is 13.4. The van der Waals surface area contributed by atoms with Crippen LogP contribution in [0.25, 0.3) is 10.9 Å². The summed E-state index contributed by atoms with van der Waals surface area (Å²) in [7, 11) is 1.88. The molecule has 21 heavy (non-hydrogen) atoms. The lowest BCUT2D eigenvalue weighted by Crippen LogP contribution is -2.24. The number of nitrogens with zero attached hydrogens (tertiary/aromatic N) is 4. The van der Waals surface area contributed by atoms with Crippen LogP contribution in [0.1, 0.15) is 18.7 Å². The van der Waals surface area contributed by atoms with Crippen LogP contribution in [0.2, 0.25) is 0 Å². The zero-order valence-corrected chi connectivity index (χ0v) is 11.9. The second kappa shape index (κ2) is 5.44. The molecule has 3 aromatic rings. The van der Waals surface area contributed by atoms with Crippen molar-refractivity contribution in [2.45, 2.75) is 13.0 Å². The van der Waals surface area contributed by atoms with Crippen LogP contribution in [-0.4, -0.2) is 22.0 Å². The van der Waals surface area contributed by atoms with Crippen LogP contribution in [0.5, 0.6) is 0 Å². The lowest BCUT2D eigenvalue weighted by molar-refractivity contribution is 0.636. The fourth-order valence-electron chi connectivity index (χ4n) is 2.32. The minimum atomic E-state index is -0.317. The Labute approximate surface area is 122 Å². The molecule has 1 atom stereocenters. The molecule has 2 heterocycles. The Balaban J connectivity index is 2.08. The largest absolute Gasteiger partial charge is 0.351 e. The van der Waals surface area contributed by atoms with Crippen molar-refractivity contribution in [1.82, 2.24) is 15.0 Å². The Bertz CT molecular complexity index is 755. The summed E-state index contributed by atoms with van der Waals surface area (Å²) in [4.78, 5) is 14.6. The van der Waals surface area contributed by atoms with E-state index in [1.54, 1.807) is 18.3 Å². The molecule has 0 bridgehead atoms. The van der Waals surface area contributed by atoms with Gasteiger partial charge in [-0.05, 0) is 31.2 Å². The van der Waals surface area contributed by atoms with Gasteiger partial charge in [-0.25, -0.2) is 14.4 Å². The molecule has 5 heteroatoms. The number of hydrogen-bond donors (Lipinski definition) is 0. The van der Waals surface area contributed by atoms with Gasteiger partial charge in [0.2, 0.25) is 0 Å². The second-order valence-electron chi connectivity index (χ2n) is 4.87. The van der Waals surface area contributed by atoms with E-state index in [-0.39, 0.29) is 11.9 Å². The van der Waals surface area contributed by atoms with Gasteiger partial charge < -0.3 is 4.90 Å². The number of rotatable bonds is 3. The van der Waals surface area contributed by atoms with Crippen LogP contribution < -0.4 is 4.90 Å². The van der Waals surface area contributed by atoms with Gasteiger partial charge in [0.15, 0.2) is 0 Å². The first-order valence-corrected chi connectivity index (χ1v) is 6.71. The number of aromatic nitrogens is 3. The first-order chi connectivity index (χ1) is 10.2. The number of anilines is 1. The Morgan fingerprint density at radius 2 is 1.90 bits per heavy atom. The molecule has 0 amide bonds. The molecule has 0 aliphatic carbocycles. The van der Waals surface area contributed by atoms with Crippen LogP contribution in [0.3, 0.4) is 0 Å². The van der Waals surface area contributed by atoms with Gasteiger partial charge in [-0.3, -0.25) is 4.98 Å². The molecule has 3 rings (SSSR count). The van der Waals surface area contributed by atoms with Gasteiger partial charge >= 0.3 is 0 Å². The average Bonchev–Trinajstić information content (AvgIpc) is 2.54. The molecule has 0 aliphatic heterocycles. The fraction of sp³-hybridized carbons (Fsp3) is 0.188. The molecule has 0 aliphatic rings. The molecule has 0 unspecified atom stereocenters. The van der Waals surface area contributed by atoms with Crippen LogP contribution >= 0.6 is 0 Å². The van der Waals surface area contributed by atoms with E-state index in [0.717, 1.165) is 5.69 Å². The normalized spacial score (nSPS) is 12.3. The summed E-state index contributed by atoms with van der Waals surface area (Å²) >= 11 is 0. The van der Waals surface area contributed by atoms with E-state index in [9.17, 15) is 4.39 Å². The van der Waals surface area contributed by atoms with Crippen molar-refractivity contribution in [2.24, 2.45) is 0 Å². The van der Waals surface area contributed by atoms with Crippen molar-refractivity contribution in [2.75, 3.05) is 11.9 Å². The van der Waals surface area contributed by atoms with Gasteiger partial charge in [0.1, 0.15) is 18.0 Å². The van der Waals surface area contributed by atoms with E-state index < -0.39 is 0 Å². The van der Waals surface area contributed by atoms with Crippen molar-refractivity contribution in [3.05, 3.63) is 60.4 Å². The highest BCUT2D eigenvalue weighted by atomic mass is 19.1. The average molecular weight is 282 g/mol. The van der Waals surface area contributed by atoms with E-state index in [1.165, 1.54) is 12.4 Å². The SMILES string of the molecule is C[C@H](c1ccccn1)N(C)c1ncnc2cccc(F)c12. The number of fused-ring (bicyclic) bond motifs is 1. The smallest absolute Gasteiger partial charge is 0.143 e. The van der Waals surface area contributed by atoms with E-state index in [4.69, 9.17) is 0 Å². The summed E-state index contributed by atoms with van der Waals surface area (Å²) in [5.41, 5.74) is 1.50. The lowest BCUT2D eigenvalue weighted by atomic mass is 10.1. The van der Waals surface area contributed by atoms with Gasteiger partial charge in [-0.1, -0.05) is 12.1 Å². The van der Waals surface area contributed by atoms with Crippen molar-refractivity contribution < 1.29 is 4.39 Å². The molecule has 2 aromatic heterocycles. The zero-order valence-electron chi connectivity index (χ0n) is 11.9. The predicted molar refractivity (Wildman–Crippen MR) is 80.6 cm³/mol. The molecule has 0 saturated carbocycles. The summed E-state index contributed by atoms with van der Waals surface area (Å²) in [6, 6.07) is 10.6. The maximum atomic E-state index is 14.2. The van der Waals surface area contributed by atoms with Crippen molar-refractivity contribution >= 4 is 16.7 Å². The van der Waals surface area contributed by atoms with E-state index in [1.807, 2.05) is 37.1 Å². The molecule has 0 saturated heterocycles. The number of hydrogen-bond acceptors (Lipinski definition) is 4. The maximum absolute atomic E-state index is 14.2. The Morgan fingerprint density at radius 1 is 1.05 bits per heavy atom. The number of benzene rings is 1. The van der Waals surface area contributed by atoms with E-state index >= 15 is 0 Å². The quantitative estimate of drug-likeness (QED) is 0.738. The van der Waals surface area contributed by atoms with E-state index in [0.29, 0.717) is 16.7 Å². The highest BCUT2D eigenvalue weighted by Gasteiger charge is 2.18. The minimum absolute atomic E-state index is 0.0242. The van der Waals surface area contributed by atoms with Crippen LogP contribution in [0, 0.1) is 5.82 Å². The molecule has 0 fully saturated rings. The monoisotopic (exact) mass is 282 g/mol. The summed E-state index contributed by atoms with van der Waals surface area (Å²) in [6.45, 7) is 2.01. The standard InChI is InChI=1S/C16H15FN4/c1-11(13-7-3-4-9-18-13)21(2)16-15-12(17)6-5-8-14(15)19-10-20-16/h3-11H,1-2H3/t11-/m1/s1. The predicted octanol–water partition coefficient (Wildman–Crippen LogP) is 3.36. The summed E-state index contributed by atoms with van der Waals surface area (Å²) in [5.74, 6) is 0.249. The molecule has 106 valence electrons. The van der Waals surface area contributed by atoms with Crippen LogP contribution in [0.15, 0.2) is 48.9 Å².